The van der Waals surface area contributed by atoms with Crippen LogP contribution in [0.3, 0.4) is 0 Å². The molecule has 6 heteroatoms. The lowest BCUT2D eigenvalue weighted by molar-refractivity contribution is -0.138. The average molecular weight is 329 g/mol. The minimum Gasteiger partial charge on any atom is -0.480 e. The molecule has 1 aromatic carbocycles. The number of hydrogen-bond acceptors (Lipinski definition) is 4. The Morgan fingerprint density at radius 1 is 1.47 bits per heavy atom. The quantitative estimate of drug-likeness (QED) is 0.869. The lowest BCUT2D eigenvalue weighted by atomic mass is 10.0. The first kappa shape index (κ1) is 14.3. The van der Waals surface area contributed by atoms with Gasteiger partial charge in [0.2, 0.25) is 0 Å². The highest BCUT2D eigenvalue weighted by Gasteiger charge is 2.19. The van der Waals surface area contributed by atoms with Gasteiger partial charge in [-0.3, -0.25) is 4.79 Å². The first-order valence-electron chi connectivity index (χ1n) is 6.17. The number of aliphatic carboxylic acids is 1. The molecule has 1 heterocycles. The van der Waals surface area contributed by atoms with E-state index in [1.54, 1.807) is 0 Å². The normalized spacial score (nSPS) is 17.3. The first-order valence-corrected chi connectivity index (χ1v) is 6.96. The zero-order chi connectivity index (χ0) is 13.8. The van der Waals surface area contributed by atoms with E-state index in [1.165, 1.54) is 0 Å². The van der Waals surface area contributed by atoms with Crippen molar-refractivity contribution in [2.24, 2.45) is 5.73 Å². The SMILES string of the molecule is NC(Cc1cc(Br)ccc1N1CCOCC1)C(=O)O. The summed E-state index contributed by atoms with van der Waals surface area (Å²) in [6, 6.07) is 5.02. The van der Waals surface area contributed by atoms with Gasteiger partial charge in [0, 0.05) is 29.7 Å². The molecular formula is C13H17BrN2O3. The van der Waals surface area contributed by atoms with E-state index in [9.17, 15) is 4.79 Å². The predicted molar refractivity (Wildman–Crippen MR) is 76.5 cm³/mol. The molecule has 1 aliphatic rings. The number of nitrogens with zero attached hydrogens (tertiary/aromatic N) is 1. The maximum absolute atomic E-state index is 10.9. The largest absolute Gasteiger partial charge is 0.480 e. The monoisotopic (exact) mass is 328 g/mol. The van der Waals surface area contributed by atoms with Gasteiger partial charge in [-0.25, -0.2) is 0 Å². The molecule has 0 bridgehead atoms. The van der Waals surface area contributed by atoms with Gasteiger partial charge in [0.1, 0.15) is 6.04 Å². The summed E-state index contributed by atoms with van der Waals surface area (Å²) in [6.45, 7) is 3.02. The van der Waals surface area contributed by atoms with Crippen LogP contribution in [0.1, 0.15) is 5.56 Å². The zero-order valence-corrected chi connectivity index (χ0v) is 12.1. The van der Waals surface area contributed by atoms with Crippen LogP contribution in [0.25, 0.3) is 0 Å². The summed E-state index contributed by atoms with van der Waals surface area (Å²) in [5, 5.41) is 8.94. The van der Waals surface area contributed by atoms with Gasteiger partial charge in [-0.2, -0.15) is 0 Å². The van der Waals surface area contributed by atoms with E-state index < -0.39 is 12.0 Å². The van der Waals surface area contributed by atoms with Crippen molar-refractivity contribution in [1.82, 2.24) is 0 Å². The van der Waals surface area contributed by atoms with Crippen LogP contribution in [0.5, 0.6) is 0 Å². The molecule has 1 saturated heterocycles. The third-order valence-electron chi connectivity index (χ3n) is 3.15. The zero-order valence-electron chi connectivity index (χ0n) is 10.5. The van der Waals surface area contributed by atoms with E-state index >= 15 is 0 Å². The van der Waals surface area contributed by atoms with Crippen LogP contribution in [-0.4, -0.2) is 43.4 Å². The summed E-state index contributed by atoms with van der Waals surface area (Å²) in [5.41, 5.74) is 7.63. The van der Waals surface area contributed by atoms with Crippen LogP contribution < -0.4 is 10.6 Å². The van der Waals surface area contributed by atoms with Crippen LogP contribution in [0.15, 0.2) is 22.7 Å². The standard InChI is InChI=1S/C13H17BrN2O3/c14-10-1-2-12(16-3-5-19-6-4-16)9(7-10)8-11(15)13(17)18/h1-2,7,11H,3-6,8,15H2,(H,17,18). The molecule has 5 nitrogen and oxygen atoms in total. The Hall–Kier alpha value is -1.11. The van der Waals surface area contributed by atoms with Gasteiger partial charge in [0.15, 0.2) is 0 Å². The summed E-state index contributed by atoms with van der Waals surface area (Å²) >= 11 is 3.42. The molecule has 104 valence electrons. The van der Waals surface area contributed by atoms with Crippen molar-refractivity contribution in [3.63, 3.8) is 0 Å². The molecule has 0 saturated carbocycles. The number of carboxylic acids is 1. The maximum atomic E-state index is 10.9. The number of morpholine rings is 1. The molecule has 1 aromatic rings. The van der Waals surface area contributed by atoms with E-state index in [0.29, 0.717) is 19.6 Å². The molecule has 0 spiro atoms. The van der Waals surface area contributed by atoms with Crippen molar-refractivity contribution in [3.05, 3.63) is 28.2 Å². The Kier molecular flexibility index (Phi) is 4.79. The van der Waals surface area contributed by atoms with Crippen molar-refractivity contribution in [3.8, 4) is 0 Å². The Bertz CT molecular complexity index is 461. The Morgan fingerprint density at radius 2 is 2.16 bits per heavy atom. The maximum Gasteiger partial charge on any atom is 0.320 e. The molecule has 0 amide bonds. The number of nitrogens with two attached hydrogens (primary N) is 1. The van der Waals surface area contributed by atoms with Crippen molar-refractivity contribution in [1.29, 1.82) is 0 Å². The predicted octanol–water partition coefficient (Wildman–Crippen LogP) is 1.24. The molecule has 19 heavy (non-hydrogen) atoms. The number of carboxylic acid groups (broad SMARTS) is 1. The fraction of sp³-hybridized carbons (Fsp3) is 0.462. The molecule has 1 fully saturated rings. The molecule has 0 aliphatic carbocycles. The number of hydrogen-bond donors (Lipinski definition) is 2. The van der Waals surface area contributed by atoms with Crippen LogP contribution >= 0.6 is 15.9 Å². The third kappa shape index (κ3) is 3.68. The third-order valence-corrected chi connectivity index (χ3v) is 3.64. The minimum atomic E-state index is -0.979. The van der Waals surface area contributed by atoms with Crippen molar-refractivity contribution in [2.75, 3.05) is 31.2 Å². The highest BCUT2D eigenvalue weighted by molar-refractivity contribution is 9.10. The fourth-order valence-corrected chi connectivity index (χ4v) is 2.56. The molecule has 0 aromatic heterocycles. The molecule has 0 radical (unpaired) electrons. The van der Waals surface area contributed by atoms with Gasteiger partial charge >= 0.3 is 5.97 Å². The van der Waals surface area contributed by atoms with Crippen LogP contribution in [0, 0.1) is 0 Å². The van der Waals surface area contributed by atoms with Crippen molar-refractivity contribution in [2.45, 2.75) is 12.5 Å². The summed E-state index contributed by atoms with van der Waals surface area (Å²) in [6.07, 6.45) is 0.321. The number of rotatable bonds is 4. The summed E-state index contributed by atoms with van der Waals surface area (Å²) in [4.78, 5) is 13.1. The van der Waals surface area contributed by atoms with Gasteiger partial charge in [0.05, 0.1) is 13.2 Å². The second-order valence-corrected chi connectivity index (χ2v) is 5.44. The Labute approximate surface area is 120 Å². The van der Waals surface area contributed by atoms with E-state index in [1.807, 2.05) is 18.2 Å². The highest BCUT2D eigenvalue weighted by Crippen LogP contribution is 2.26. The Morgan fingerprint density at radius 3 is 2.79 bits per heavy atom. The lowest BCUT2D eigenvalue weighted by Crippen LogP contribution is -2.38. The second-order valence-electron chi connectivity index (χ2n) is 4.52. The number of halogens is 1. The summed E-state index contributed by atoms with van der Waals surface area (Å²) < 4.78 is 6.26. The van der Waals surface area contributed by atoms with Crippen molar-refractivity contribution < 1.29 is 14.6 Å². The van der Waals surface area contributed by atoms with E-state index in [4.69, 9.17) is 15.6 Å². The number of anilines is 1. The Balaban J connectivity index is 2.24. The smallest absolute Gasteiger partial charge is 0.320 e. The molecule has 3 N–H and O–H groups in total. The van der Waals surface area contributed by atoms with E-state index in [-0.39, 0.29) is 0 Å². The van der Waals surface area contributed by atoms with Crippen molar-refractivity contribution >= 4 is 27.6 Å². The summed E-state index contributed by atoms with van der Waals surface area (Å²) in [7, 11) is 0. The fourth-order valence-electron chi connectivity index (χ4n) is 2.15. The van der Waals surface area contributed by atoms with Gasteiger partial charge in [0.25, 0.3) is 0 Å². The molecule has 2 rings (SSSR count). The topological polar surface area (TPSA) is 75.8 Å². The molecular weight excluding hydrogens is 312 g/mol. The van der Waals surface area contributed by atoms with E-state index in [0.717, 1.165) is 28.8 Å². The molecule has 1 aliphatic heterocycles. The van der Waals surface area contributed by atoms with Crippen LogP contribution in [0.4, 0.5) is 5.69 Å². The minimum absolute atomic E-state index is 0.321. The van der Waals surface area contributed by atoms with E-state index in [2.05, 4.69) is 20.8 Å². The number of carbonyl (C=O) groups is 1. The second kappa shape index (κ2) is 6.36. The van der Waals surface area contributed by atoms with Gasteiger partial charge in [-0.05, 0) is 23.8 Å². The molecule has 1 unspecified atom stereocenters. The first-order chi connectivity index (χ1) is 9.08. The average Bonchev–Trinajstić information content (AvgIpc) is 2.39. The number of benzene rings is 1. The van der Waals surface area contributed by atoms with Gasteiger partial charge < -0.3 is 20.5 Å². The lowest BCUT2D eigenvalue weighted by Gasteiger charge is -2.31. The number of ether oxygens (including phenoxy) is 1. The van der Waals surface area contributed by atoms with Gasteiger partial charge in [-0.1, -0.05) is 15.9 Å². The van der Waals surface area contributed by atoms with Gasteiger partial charge in [-0.15, -0.1) is 0 Å². The highest BCUT2D eigenvalue weighted by atomic mass is 79.9. The molecule has 1 atom stereocenters. The summed E-state index contributed by atoms with van der Waals surface area (Å²) in [5.74, 6) is -0.979. The van der Waals surface area contributed by atoms with Crippen LogP contribution in [0.2, 0.25) is 0 Å². The van der Waals surface area contributed by atoms with Crippen LogP contribution in [-0.2, 0) is 16.0 Å².